The van der Waals surface area contributed by atoms with Crippen molar-refractivity contribution in [2.75, 3.05) is 4.90 Å². The van der Waals surface area contributed by atoms with Crippen LogP contribution in [0.25, 0.3) is 0 Å². The number of anilines is 1. The van der Waals surface area contributed by atoms with Gasteiger partial charge in [0, 0.05) is 11.1 Å². The van der Waals surface area contributed by atoms with E-state index in [1.807, 2.05) is 17.0 Å². The van der Waals surface area contributed by atoms with Crippen LogP contribution in [0.3, 0.4) is 0 Å². The minimum absolute atomic E-state index is 0.0707. The Labute approximate surface area is 140 Å². The van der Waals surface area contributed by atoms with Crippen LogP contribution in [-0.4, -0.2) is 17.2 Å². The van der Waals surface area contributed by atoms with E-state index in [9.17, 15) is 9.18 Å². The summed E-state index contributed by atoms with van der Waals surface area (Å²) in [6.45, 7) is 6.40. The molecule has 0 bridgehead atoms. The number of carbonyl (C=O) groups is 1. The number of para-hydroxylation sites is 1. The Morgan fingerprint density at radius 3 is 2.58 bits per heavy atom. The molecule has 0 aliphatic carbocycles. The van der Waals surface area contributed by atoms with E-state index < -0.39 is 0 Å². The summed E-state index contributed by atoms with van der Waals surface area (Å²) in [5, 5.41) is 0. The number of aliphatic imine (C=N–C) groups is 1. The summed E-state index contributed by atoms with van der Waals surface area (Å²) in [6, 6.07) is 11.9. The van der Waals surface area contributed by atoms with Crippen LogP contribution in [0.5, 0.6) is 0 Å². The van der Waals surface area contributed by atoms with Gasteiger partial charge in [-0.15, -0.1) is 0 Å². The Bertz CT molecular complexity index is 868. The molecule has 1 atom stereocenters. The van der Waals surface area contributed by atoms with Crippen molar-refractivity contribution in [3.8, 4) is 0 Å². The third-order valence-corrected chi connectivity index (χ3v) is 4.96. The van der Waals surface area contributed by atoms with Gasteiger partial charge < -0.3 is 4.90 Å². The lowest BCUT2D eigenvalue weighted by Crippen LogP contribution is -2.50. The highest BCUT2D eigenvalue weighted by Crippen LogP contribution is 2.48. The standard InChI is InChI=1S/C20H19FN2O/c1-12-11-20(2,3)23-18-15(12)5-4-6-16(18)17(19(23)24)22-14-9-7-13(21)8-10-14/h4-10,12H,11H2,1-3H3. The molecule has 2 aromatic carbocycles. The number of hydrogen-bond donors (Lipinski definition) is 0. The Kier molecular flexibility index (Phi) is 3.14. The quantitative estimate of drug-likeness (QED) is 0.756. The lowest BCUT2D eigenvalue weighted by Gasteiger charge is -2.43. The number of rotatable bonds is 1. The molecule has 2 aliphatic heterocycles. The second-order valence-corrected chi connectivity index (χ2v) is 7.24. The van der Waals surface area contributed by atoms with E-state index >= 15 is 0 Å². The van der Waals surface area contributed by atoms with E-state index in [1.54, 1.807) is 12.1 Å². The van der Waals surface area contributed by atoms with Crippen LogP contribution in [0, 0.1) is 5.82 Å². The van der Waals surface area contributed by atoms with Crippen LogP contribution in [0.1, 0.15) is 44.2 Å². The van der Waals surface area contributed by atoms with Crippen molar-refractivity contribution in [2.45, 2.75) is 38.6 Å². The van der Waals surface area contributed by atoms with E-state index in [0.717, 1.165) is 17.7 Å². The fourth-order valence-electron chi connectivity index (χ4n) is 4.00. The largest absolute Gasteiger partial charge is 0.300 e. The van der Waals surface area contributed by atoms with Crippen LogP contribution < -0.4 is 4.90 Å². The topological polar surface area (TPSA) is 32.7 Å². The molecule has 0 N–H and O–H groups in total. The third kappa shape index (κ3) is 2.09. The molecular formula is C20H19FN2O. The molecule has 1 unspecified atom stereocenters. The highest BCUT2D eigenvalue weighted by molar-refractivity contribution is 6.55. The summed E-state index contributed by atoms with van der Waals surface area (Å²) in [6.07, 6.45) is 0.916. The maximum Gasteiger partial charge on any atom is 0.278 e. The van der Waals surface area contributed by atoms with Crippen molar-refractivity contribution in [2.24, 2.45) is 4.99 Å². The van der Waals surface area contributed by atoms with Crippen LogP contribution >= 0.6 is 0 Å². The highest BCUT2D eigenvalue weighted by atomic mass is 19.1. The molecule has 2 heterocycles. The molecule has 4 rings (SSSR count). The zero-order chi connectivity index (χ0) is 17.1. The van der Waals surface area contributed by atoms with Crippen LogP contribution in [-0.2, 0) is 4.79 Å². The van der Waals surface area contributed by atoms with Crippen molar-refractivity contribution >= 4 is 23.0 Å². The van der Waals surface area contributed by atoms with Crippen molar-refractivity contribution in [1.82, 2.24) is 0 Å². The predicted octanol–water partition coefficient (Wildman–Crippen LogP) is 4.58. The van der Waals surface area contributed by atoms with Gasteiger partial charge in [0.2, 0.25) is 0 Å². The highest BCUT2D eigenvalue weighted by Gasteiger charge is 2.47. The summed E-state index contributed by atoms with van der Waals surface area (Å²) < 4.78 is 13.1. The molecule has 0 saturated carbocycles. The molecular weight excluding hydrogens is 303 g/mol. The van der Waals surface area contributed by atoms with Gasteiger partial charge in [0.05, 0.1) is 11.4 Å². The van der Waals surface area contributed by atoms with Crippen molar-refractivity contribution < 1.29 is 9.18 Å². The first-order valence-corrected chi connectivity index (χ1v) is 8.20. The Morgan fingerprint density at radius 2 is 1.88 bits per heavy atom. The number of hydrogen-bond acceptors (Lipinski definition) is 2. The van der Waals surface area contributed by atoms with Crippen molar-refractivity contribution in [3.05, 3.63) is 59.4 Å². The van der Waals surface area contributed by atoms with E-state index in [0.29, 0.717) is 17.3 Å². The maximum absolute atomic E-state index is 13.1. The zero-order valence-electron chi connectivity index (χ0n) is 14.0. The smallest absolute Gasteiger partial charge is 0.278 e. The van der Waals surface area contributed by atoms with Crippen LogP contribution in [0.15, 0.2) is 47.5 Å². The predicted molar refractivity (Wildman–Crippen MR) is 93.6 cm³/mol. The van der Waals surface area contributed by atoms with Crippen molar-refractivity contribution in [1.29, 1.82) is 0 Å². The second kappa shape index (κ2) is 5.00. The van der Waals surface area contributed by atoms with Gasteiger partial charge in [0.1, 0.15) is 11.5 Å². The molecule has 3 nitrogen and oxygen atoms in total. The summed E-state index contributed by atoms with van der Waals surface area (Å²) in [5.74, 6) is 0.0109. The van der Waals surface area contributed by atoms with Gasteiger partial charge >= 0.3 is 0 Å². The molecule has 2 aromatic rings. The third-order valence-electron chi connectivity index (χ3n) is 4.96. The van der Waals surface area contributed by atoms with Gasteiger partial charge in [-0.1, -0.05) is 25.1 Å². The Balaban J connectivity index is 1.92. The Hall–Kier alpha value is -2.49. The minimum Gasteiger partial charge on any atom is -0.300 e. The van der Waals surface area contributed by atoms with E-state index in [2.05, 4.69) is 31.8 Å². The van der Waals surface area contributed by atoms with E-state index in [4.69, 9.17) is 0 Å². The first-order chi connectivity index (χ1) is 11.4. The molecule has 2 aliphatic rings. The molecule has 0 saturated heterocycles. The van der Waals surface area contributed by atoms with Crippen LogP contribution in [0.2, 0.25) is 0 Å². The molecule has 24 heavy (non-hydrogen) atoms. The number of halogens is 1. The van der Waals surface area contributed by atoms with Crippen molar-refractivity contribution in [3.63, 3.8) is 0 Å². The molecule has 122 valence electrons. The fourth-order valence-corrected chi connectivity index (χ4v) is 4.00. The van der Waals surface area contributed by atoms with Gasteiger partial charge in [-0.2, -0.15) is 0 Å². The second-order valence-electron chi connectivity index (χ2n) is 7.24. The fraction of sp³-hybridized carbons (Fsp3) is 0.300. The molecule has 0 aromatic heterocycles. The molecule has 0 spiro atoms. The monoisotopic (exact) mass is 322 g/mol. The van der Waals surface area contributed by atoms with Gasteiger partial charge in [-0.25, -0.2) is 9.38 Å². The number of carbonyl (C=O) groups excluding carboxylic acids is 1. The molecule has 1 amide bonds. The van der Waals surface area contributed by atoms with Gasteiger partial charge in [-0.05, 0) is 56.0 Å². The van der Waals surface area contributed by atoms with Gasteiger partial charge in [0.15, 0.2) is 0 Å². The average molecular weight is 322 g/mol. The average Bonchev–Trinajstić information content (AvgIpc) is 2.81. The molecule has 0 radical (unpaired) electrons. The normalized spacial score (nSPS) is 22.8. The summed E-state index contributed by atoms with van der Waals surface area (Å²) >= 11 is 0. The van der Waals surface area contributed by atoms with Gasteiger partial charge in [0.25, 0.3) is 5.91 Å². The van der Waals surface area contributed by atoms with E-state index in [1.165, 1.54) is 17.7 Å². The summed E-state index contributed by atoms with van der Waals surface area (Å²) in [4.78, 5) is 19.5. The number of amides is 1. The number of benzene rings is 2. The lowest BCUT2D eigenvalue weighted by atomic mass is 9.80. The molecule has 0 fully saturated rings. The zero-order valence-corrected chi connectivity index (χ0v) is 14.0. The summed E-state index contributed by atoms with van der Waals surface area (Å²) in [5.41, 5.74) is 3.85. The summed E-state index contributed by atoms with van der Waals surface area (Å²) in [7, 11) is 0. The minimum atomic E-state index is -0.311. The maximum atomic E-state index is 13.1. The van der Waals surface area contributed by atoms with Crippen LogP contribution in [0.4, 0.5) is 15.8 Å². The lowest BCUT2D eigenvalue weighted by molar-refractivity contribution is -0.113. The first kappa shape index (κ1) is 15.1. The molecule has 4 heteroatoms. The Morgan fingerprint density at radius 1 is 1.17 bits per heavy atom. The number of nitrogens with zero attached hydrogens (tertiary/aromatic N) is 2. The first-order valence-electron chi connectivity index (χ1n) is 8.20. The SMILES string of the molecule is CC1CC(C)(C)N2C(=O)C(=Nc3ccc(F)cc3)c3cccc1c32. The van der Waals surface area contributed by atoms with E-state index in [-0.39, 0.29) is 17.3 Å². The van der Waals surface area contributed by atoms with Gasteiger partial charge in [-0.3, -0.25) is 4.79 Å².